The van der Waals surface area contributed by atoms with E-state index in [0.29, 0.717) is 12.6 Å². The Morgan fingerprint density at radius 1 is 1.15 bits per heavy atom. The van der Waals surface area contributed by atoms with Gasteiger partial charge in [-0.2, -0.15) is 0 Å². The molecular weight excluding hydrogens is 337 g/mol. The topological polar surface area (TPSA) is 68.2 Å². The summed E-state index contributed by atoms with van der Waals surface area (Å²) >= 11 is 0. The third-order valence-electron chi connectivity index (χ3n) is 5.30. The van der Waals surface area contributed by atoms with Crippen molar-refractivity contribution >= 4 is 5.69 Å². The predicted molar refractivity (Wildman–Crippen MR) is 98.9 cm³/mol. The van der Waals surface area contributed by atoms with Crippen LogP contribution < -0.4 is 10.2 Å². The molecule has 26 heavy (non-hydrogen) atoms. The Labute approximate surface area is 154 Å². The van der Waals surface area contributed by atoms with Gasteiger partial charge >= 0.3 is 0 Å². The zero-order chi connectivity index (χ0) is 18.7. The van der Waals surface area contributed by atoms with E-state index in [1.807, 2.05) is 0 Å². The van der Waals surface area contributed by atoms with Crippen molar-refractivity contribution in [2.24, 2.45) is 0 Å². The van der Waals surface area contributed by atoms with Crippen molar-refractivity contribution in [2.45, 2.75) is 44.2 Å². The van der Waals surface area contributed by atoms with Gasteiger partial charge < -0.3 is 25.2 Å². The van der Waals surface area contributed by atoms with Gasteiger partial charge in [0.2, 0.25) is 0 Å². The zero-order valence-electron chi connectivity index (χ0n) is 15.5. The Kier molecular flexibility index (Phi) is 6.47. The first-order valence-electron chi connectivity index (χ1n) is 9.42. The van der Waals surface area contributed by atoms with E-state index in [4.69, 9.17) is 4.74 Å². The van der Waals surface area contributed by atoms with Crippen molar-refractivity contribution in [2.75, 3.05) is 44.2 Å². The van der Waals surface area contributed by atoms with Crippen molar-refractivity contribution in [1.82, 2.24) is 10.2 Å². The Morgan fingerprint density at radius 3 is 2.38 bits per heavy atom. The number of ether oxygens (including phenoxy) is 1. The molecule has 0 spiro atoms. The molecule has 2 aliphatic heterocycles. The first-order chi connectivity index (χ1) is 12.5. The number of nitrogens with one attached hydrogen (secondary N) is 1. The standard InChI is InChI=1S/C19H30FN3O3/c1-13(2)21-11-16-18(19(25)17(12-24)26-16)23-9-7-22(8-10-23)15-5-3-14(20)4-6-15/h3-6,13,16-19,21,24-25H,7-12H2,1-2H3/t16-,17-,18-,19+/m0/s1. The maximum absolute atomic E-state index is 13.1. The van der Waals surface area contributed by atoms with Gasteiger partial charge in [0, 0.05) is 44.5 Å². The van der Waals surface area contributed by atoms with E-state index in [1.165, 1.54) is 12.1 Å². The molecule has 4 atom stereocenters. The Balaban J connectivity index is 1.62. The number of benzene rings is 1. The molecule has 2 saturated heterocycles. The first kappa shape index (κ1) is 19.5. The molecule has 0 aromatic heterocycles. The summed E-state index contributed by atoms with van der Waals surface area (Å²) in [5, 5.41) is 23.5. The molecule has 3 rings (SSSR count). The minimum absolute atomic E-state index is 0.131. The summed E-state index contributed by atoms with van der Waals surface area (Å²) < 4.78 is 19.0. The van der Waals surface area contributed by atoms with E-state index in [9.17, 15) is 14.6 Å². The monoisotopic (exact) mass is 367 g/mol. The second-order valence-electron chi connectivity index (χ2n) is 7.44. The zero-order valence-corrected chi connectivity index (χ0v) is 15.5. The highest BCUT2D eigenvalue weighted by Crippen LogP contribution is 2.27. The SMILES string of the molecule is CC(C)NC[C@@H]1O[C@@H](CO)[C@@H](O)[C@H]1N1CCN(c2ccc(F)cc2)CC1. The van der Waals surface area contributed by atoms with Crippen molar-refractivity contribution < 1.29 is 19.3 Å². The molecule has 0 aliphatic carbocycles. The van der Waals surface area contributed by atoms with Crippen molar-refractivity contribution in [1.29, 1.82) is 0 Å². The van der Waals surface area contributed by atoms with Crippen LogP contribution in [0.5, 0.6) is 0 Å². The molecule has 0 bridgehead atoms. The minimum Gasteiger partial charge on any atom is -0.394 e. The van der Waals surface area contributed by atoms with Gasteiger partial charge in [-0.05, 0) is 24.3 Å². The molecule has 2 aliphatic rings. The average molecular weight is 367 g/mol. The van der Waals surface area contributed by atoms with Crippen LogP contribution in [0.25, 0.3) is 0 Å². The van der Waals surface area contributed by atoms with Crippen LogP contribution in [-0.2, 0) is 4.74 Å². The molecule has 2 heterocycles. The first-order valence-corrected chi connectivity index (χ1v) is 9.42. The number of halogens is 1. The van der Waals surface area contributed by atoms with Gasteiger partial charge in [0.05, 0.1) is 18.8 Å². The maximum atomic E-state index is 13.1. The molecule has 146 valence electrons. The Morgan fingerprint density at radius 2 is 1.81 bits per heavy atom. The van der Waals surface area contributed by atoms with Gasteiger partial charge in [-0.1, -0.05) is 13.8 Å². The third-order valence-corrected chi connectivity index (χ3v) is 5.30. The van der Waals surface area contributed by atoms with Crippen LogP contribution >= 0.6 is 0 Å². The molecule has 3 N–H and O–H groups in total. The lowest BCUT2D eigenvalue weighted by atomic mass is 10.0. The van der Waals surface area contributed by atoms with Crippen LogP contribution in [0.1, 0.15) is 13.8 Å². The van der Waals surface area contributed by atoms with E-state index in [-0.39, 0.29) is 24.6 Å². The summed E-state index contributed by atoms with van der Waals surface area (Å²) in [6, 6.07) is 6.77. The van der Waals surface area contributed by atoms with E-state index in [0.717, 1.165) is 31.9 Å². The normalized spacial score (nSPS) is 30.3. The van der Waals surface area contributed by atoms with E-state index >= 15 is 0 Å². The predicted octanol–water partition coefficient (Wildman–Crippen LogP) is 0.435. The van der Waals surface area contributed by atoms with Gasteiger partial charge in [0.15, 0.2) is 0 Å². The maximum Gasteiger partial charge on any atom is 0.123 e. The summed E-state index contributed by atoms with van der Waals surface area (Å²) in [6.07, 6.45) is -1.38. The van der Waals surface area contributed by atoms with Crippen LogP contribution in [0.2, 0.25) is 0 Å². The lowest BCUT2D eigenvalue weighted by molar-refractivity contribution is -0.0216. The molecule has 1 aromatic rings. The van der Waals surface area contributed by atoms with Gasteiger partial charge in [0.25, 0.3) is 0 Å². The number of aliphatic hydroxyl groups excluding tert-OH is 2. The summed E-state index contributed by atoms with van der Waals surface area (Å²) in [6.45, 7) is 7.82. The highest BCUT2D eigenvalue weighted by Gasteiger charge is 2.46. The third kappa shape index (κ3) is 4.35. The fourth-order valence-corrected chi connectivity index (χ4v) is 3.88. The van der Waals surface area contributed by atoms with Gasteiger partial charge in [-0.15, -0.1) is 0 Å². The van der Waals surface area contributed by atoms with Crippen molar-refractivity contribution in [3.8, 4) is 0 Å². The quantitative estimate of drug-likeness (QED) is 0.678. The molecule has 0 unspecified atom stereocenters. The average Bonchev–Trinajstić information content (AvgIpc) is 2.96. The summed E-state index contributed by atoms with van der Waals surface area (Å²) in [7, 11) is 0. The number of anilines is 1. The summed E-state index contributed by atoms with van der Waals surface area (Å²) in [5.74, 6) is -0.228. The van der Waals surface area contributed by atoms with Crippen molar-refractivity contribution in [3.05, 3.63) is 30.1 Å². The lowest BCUT2D eigenvalue weighted by Crippen LogP contribution is -2.57. The van der Waals surface area contributed by atoms with Crippen LogP contribution in [0.15, 0.2) is 24.3 Å². The molecule has 6 nitrogen and oxygen atoms in total. The number of rotatable bonds is 6. The molecule has 0 amide bonds. The summed E-state index contributed by atoms with van der Waals surface area (Å²) in [4.78, 5) is 4.48. The fraction of sp³-hybridized carbons (Fsp3) is 0.684. The molecule has 0 radical (unpaired) electrons. The molecule has 1 aromatic carbocycles. The summed E-state index contributed by atoms with van der Waals surface area (Å²) in [5.41, 5.74) is 1.01. The highest BCUT2D eigenvalue weighted by atomic mass is 19.1. The lowest BCUT2D eigenvalue weighted by Gasteiger charge is -2.41. The van der Waals surface area contributed by atoms with Gasteiger partial charge in [-0.25, -0.2) is 4.39 Å². The number of hydrogen-bond acceptors (Lipinski definition) is 6. The molecule has 7 heteroatoms. The van der Waals surface area contributed by atoms with E-state index in [1.54, 1.807) is 12.1 Å². The second-order valence-corrected chi connectivity index (χ2v) is 7.44. The smallest absolute Gasteiger partial charge is 0.123 e. The van der Waals surface area contributed by atoms with Gasteiger partial charge in [0.1, 0.15) is 18.0 Å². The van der Waals surface area contributed by atoms with Crippen LogP contribution in [0.3, 0.4) is 0 Å². The minimum atomic E-state index is -0.698. The number of nitrogens with zero attached hydrogens (tertiary/aromatic N) is 2. The Bertz CT molecular complexity index is 564. The fourth-order valence-electron chi connectivity index (χ4n) is 3.88. The molecule has 0 saturated carbocycles. The second kappa shape index (κ2) is 8.63. The highest BCUT2D eigenvalue weighted by molar-refractivity contribution is 5.46. The van der Waals surface area contributed by atoms with Crippen molar-refractivity contribution in [3.63, 3.8) is 0 Å². The van der Waals surface area contributed by atoms with Crippen LogP contribution in [0, 0.1) is 5.82 Å². The van der Waals surface area contributed by atoms with Crippen LogP contribution in [-0.4, -0.2) is 84.8 Å². The number of hydrogen-bond donors (Lipinski definition) is 3. The van der Waals surface area contributed by atoms with Gasteiger partial charge in [-0.3, -0.25) is 4.90 Å². The largest absolute Gasteiger partial charge is 0.394 e. The van der Waals surface area contributed by atoms with Crippen LogP contribution in [0.4, 0.5) is 10.1 Å². The number of piperazine rings is 1. The molecular formula is C19H30FN3O3. The Hall–Kier alpha value is -1.25. The van der Waals surface area contributed by atoms with E-state index < -0.39 is 12.2 Å². The number of aliphatic hydroxyl groups is 2. The molecule has 2 fully saturated rings. The van der Waals surface area contributed by atoms with E-state index in [2.05, 4.69) is 29.0 Å².